The fraction of sp³-hybridized carbons (Fsp3) is 0.500. The van der Waals surface area contributed by atoms with Crippen molar-refractivity contribution in [3.63, 3.8) is 0 Å². The monoisotopic (exact) mass is 326 g/mol. The van der Waals surface area contributed by atoms with Gasteiger partial charge in [-0.25, -0.2) is 26.3 Å². The van der Waals surface area contributed by atoms with E-state index in [-0.39, 0.29) is 13.2 Å². The van der Waals surface area contributed by atoms with Gasteiger partial charge in [0.25, 0.3) is 6.43 Å². The molecule has 0 radical (unpaired) electrons. The fourth-order valence-electron chi connectivity index (χ4n) is 1.57. The lowest BCUT2D eigenvalue weighted by Crippen LogP contribution is -2.28. The Bertz CT molecular complexity index is 553. The highest BCUT2D eigenvalue weighted by Gasteiger charge is 2.18. The molecular weight excluding hydrogens is 309 g/mol. The fourth-order valence-corrected chi connectivity index (χ4v) is 2.65. The molecule has 1 rings (SSSR count). The van der Waals surface area contributed by atoms with Gasteiger partial charge < -0.3 is 10.1 Å². The molecule has 0 aliphatic rings. The van der Waals surface area contributed by atoms with Crippen LogP contribution in [0.3, 0.4) is 0 Å². The van der Waals surface area contributed by atoms with Crippen LogP contribution in [0.5, 0.6) is 0 Å². The molecule has 0 amide bonds. The Balaban J connectivity index is 2.61. The molecule has 0 unspecified atom stereocenters. The number of hydrogen-bond acceptors (Lipinski definition) is 4. The number of nitrogens with one attached hydrogen (secondary N) is 2. The van der Waals surface area contributed by atoms with Crippen molar-refractivity contribution in [3.8, 4) is 0 Å². The zero-order chi connectivity index (χ0) is 15.9. The van der Waals surface area contributed by atoms with E-state index in [1.165, 1.54) is 6.07 Å². The van der Waals surface area contributed by atoms with Gasteiger partial charge >= 0.3 is 0 Å². The van der Waals surface area contributed by atoms with Crippen LogP contribution in [0.2, 0.25) is 0 Å². The number of alkyl halides is 2. The summed E-state index contributed by atoms with van der Waals surface area (Å²) in [4.78, 5) is -0.490. The van der Waals surface area contributed by atoms with Gasteiger partial charge in [0.2, 0.25) is 10.0 Å². The number of rotatable bonds is 9. The Morgan fingerprint density at radius 1 is 1.33 bits per heavy atom. The molecule has 0 saturated heterocycles. The van der Waals surface area contributed by atoms with Crippen molar-refractivity contribution in [2.75, 3.05) is 26.8 Å². The number of hydrogen-bond donors (Lipinski definition) is 2. The summed E-state index contributed by atoms with van der Waals surface area (Å²) in [5.74, 6) is -0.872. The van der Waals surface area contributed by atoms with Crippen molar-refractivity contribution in [1.82, 2.24) is 10.0 Å². The number of halogens is 3. The summed E-state index contributed by atoms with van der Waals surface area (Å²) < 4.78 is 67.7. The van der Waals surface area contributed by atoms with Crippen LogP contribution in [0.15, 0.2) is 23.1 Å². The third-order valence-electron chi connectivity index (χ3n) is 2.45. The molecule has 5 nitrogen and oxygen atoms in total. The van der Waals surface area contributed by atoms with Crippen molar-refractivity contribution in [1.29, 1.82) is 0 Å². The van der Waals surface area contributed by atoms with Crippen molar-refractivity contribution >= 4 is 10.0 Å². The molecule has 0 aromatic heterocycles. The average molecular weight is 326 g/mol. The summed E-state index contributed by atoms with van der Waals surface area (Å²) in [7, 11) is -2.35. The van der Waals surface area contributed by atoms with Crippen LogP contribution < -0.4 is 10.0 Å². The van der Waals surface area contributed by atoms with E-state index in [0.717, 1.165) is 12.1 Å². The SMILES string of the molecule is CNCc1ccc(S(=O)(=O)NCCOCC(F)F)c(F)c1. The first-order valence-corrected chi connectivity index (χ1v) is 7.63. The predicted molar refractivity (Wildman–Crippen MR) is 71.2 cm³/mol. The molecule has 1 aromatic rings. The quantitative estimate of drug-likeness (QED) is 0.667. The van der Waals surface area contributed by atoms with Gasteiger partial charge in [-0.05, 0) is 24.7 Å². The molecule has 2 N–H and O–H groups in total. The molecule has 0 heterocycles. The lowest BCUT2D eigenvalue weighted by molar-refractivity contribution is 0.0199. The summed E-state index contributed by atoms with van der Waals surface area (Å²) in [6.45, 7) is -0.795. The summed E-state index contributed by atoms with van der Waals surface area (Å²) in [6, 6.07) is 3.77. The van der Waals surface area contributed by atoms with Gasteiger partial charge in [0, 0.05) is 13.1 Å². The summed E-state index contributed by atoms with van der Waals surface area (Å²) in [5.41, 5.74) is 0.606. The van der Waals surface area contributed by atoms with Gasteiger partial charge in [-0.1, -0.05) is 6.07 Å². The molecule has 120 valence electrons. The molecular formula is C12H17F3N2O3S. The minimum Gasteiger partial charge on any atom is -0.374 e. The Labute approximate surface area is 121 Å². The molecule has 0 saturated carbocycles. The van der Waals surface area contributed by atoms with E-state index >= 15 is 0 Å². The first-order valence-electron chi connectivity index (χ1n) is 6.15. The molecule has 0 bridgehead atoms. The Kier molecular flexibility index (Phi) is 7.09. The first kappa shape index (κ1) is 17.9. The largest absolute Gasteiger partial charge is 0.374 e. The van der Waals surface area contributed by atoms with E-state index in [0.29, 0.717) is 12.1 Å². The second-order valence-electron chi connectivity index (χ2n) is 4.16. The van der Waals surface area contributed by atoms with Crippen LogP contribution in [0.25, 0.3) is 0 Å². The minimum atomic E-state index is -4.04. The molecule has 21 heavy (non-hydrogen) atoms. The van der Waals surface area contributed by atoms with Crippen molar-refractivity contribution in [3.05, 3.63) is 29.6 Å². The van der Waals surface area contributed by atoms with Gasteiger partial charge in [-0.3, -0.25) is 0 Å². The standard InChI is InChI=1S/C12H17F3N2O3S/c1-16-7-9-2-3-11(10(13)6-9)21(18,19)17-4-5-20-8-12(14)15/h2-3,6,12,16-17H,4-5,7-8H2,1H3. The van der Waals surface area contributed by atoms with Crippen LogP contribution in [-0.2, 0) is 21.3 Å². The highest BCUT2D eigenvalue weighted by Crippen LogP contribution is 2.15. The Morgan fingerprint density at radius 3 is 2.62 bits per heavy atom. The van der Waals surface area contributed by atoms with Gasteiger partial charge in [-0.15, -0.1) is 0 Å². The van der Waals surface area contributed by atoms with E-state index in [1.807, 2.05) is 0 Å². The van der Waals surface area contributed by atoms with Crippen LogP contribution in [0.4, 0.5) is 13.2 Å². The molecule has 1 aromatic carbocycles. The van der Waals surface area contributed by atoms with Gasteiger partial charge in [0.15, 0.2) is 0 Å². The van der Waals surface area contributed by atoms with Crippen molar-refractivity contribution in [2.45, 2.75) is 17.9 Å². The maximum atomic E-state index is 13.8. The van der Waals surface area contributed by atoms with Gasteiger partial charge in [0.1, 0.15) is 17.3 Å². The maximum absolute atomic E-state index is 13.8. The Morgan fingerprint density at radius 2 is 2.05 bits per heavy atom. The predicted octanol–water partition coefficient (Wildman–Crippen LogP) is 1.11. The molecule has 9 heteroatoms. The van der Waals surface area contributed by atoms with Crippen LogP contribution in [0, 0.1) is 5.82 Å². The van der Waals surface area contributed by atoms with Crippen LogP contribution in [0.1, 0.15) is 5.56 Å². The van der Waals surface area contributed by atoms with E-state index in [9.17, 15) is 21.6 Å². The third-order valence-corrected chi connectivity index (χ3v) is 3.94. The molecule has 0 spiro atoms. The second-order valence-corrected chi connectivity index (χ2v) is 5.89. The lowest BCUT2D eigenvalue weighted by atomic mass is 10.2. The molecule has 0 aliphatic carbocycles. The van der Waals surface area contributed by atoms with E-state index in [2.05, 4.69) is 14.8 Å². The van der Waals surface area contributed by atoms with Crippen LogP contribution in [-0.4, -0.2) is 41.6 Å². The third kappa shape index (κ3) is 6.00. The van der Waals surface area contributed by atoms with E-state index < -0.39 is 33.8 Å². The van der Waals surface area contributed by atoms with Gasteiger partial charge in [0.05, 0.1) is 6.61 Å². The van der Waals surface area contributed by atoms with Crippen molar-refractivity contribution < 1.29 is 26.3 Å². The van der Waals surface area contributed by atoms with Crippen molar-refractivity contribution in [2.24, 2.45) is 0 Å². The average Bonchev–Trinajstić information content (AvgIpc) is 2.38. The molecule has 0 aliphatic heterocycles. The second kappa shape index (κ2) is 8.32. The van der Waals surface area contributed by atoms with Crippen LogP contribution >= 0.6 is 0 Å². The molecule has 0 fully saturated rings. The van der Waals surface area contributed by atoms with E-state index in [1.54, 1.807) is 7.05 Å². The summed E-state index contributed by atoms with van der Waals surface area (Å²) in [5, 5.41) is 2.82. The van der Waals surface area contributed by atoms with E-state index in [4.69, 9.17) is 0 Å². The summed E-state index contributed by atoms with van der Waals surface area (Å²) in [6.07, 6.45) is -2.61. The Hall–Kier alpha value is -1.16. The minimum absolute atomic E-state index is 0.216. The highest BCUT2D eigenvalue weighted by atomic mass is 32.2. The first-order chi connectivity index (χ1) is 9.86. The maximum Gasteiger partial charge on any atom is 0.261 e. The smallest absolute Gasteiger partial charge is 0.261 e. The normalized spacial score (nSPS) is 12.0. The topological polar surface area (TPSA) is 67.4 Å². The zero-order valence-corrected chi connectivity index (χ0v) is 12.2. The lowest BCUT2D eigenvalue weighted by Gasteiger charge is -2.09. The summed E-state index contributed by atoms with van der Waals surface area (Å²) >= 11 is 0. The highest BCUT2D eigenvalue weighted by molar-refractivity contribution is 7.89. The van der Waals surface area contributed by atoms with Gasteiger partial charge in [-0.2, -0.15) is 0 Å². The number of sulfonamides is 1. The molecule has 0 atom stereocenters. The number of benzene rings is 1. The zero-order valence-electron chi connectivity index (χ0n) is 11.4. The number of ether oxygens (including phenoxy) is 1.